The van der Waals surface area contributed by atoms with E-state index in [-0.39, 0.29) is 11.5 Å². The number of nitrogens with zero attached hydrogens (tertiary/aromatic N) is 1. The van der Waals surface area contributed by atoms with Crippen LogP contribution in [0.1, 0.15) is 32.0 Å². The van der Waals surface area contributed by atoms with Crippen LogP contribution in [0, 0.1) is 6.92 Å². The van der Waals surface area contributed by atoms with Crippen molar-refractivity contribution in [2.45, 2.75) is 13.3 Å². The maximum Gasteiger partial charge on any atom is 0.335 e. The number of aromatic carboxylic acids is 1. The van der Waals surface area contributed by atoms with Crippen LogP contribution in [0.4, 0.5) is 0 Å². The van der Waals surface area contributed by atoms with E-state index < -0.39 is 5.97 Å². The van der Waals surface area contributed by atoms with E-state index in [0.717, 1.165) is 16.6 Å². The molecule has 6 nitrogen and oxygen atoms in total. The number of rotatable bonds is 5. The van der Waals surface area contributed by atoms with Crippen molar-refractivity contribution in [1.82, 2.24) is 10.5 Å². The fourth-order valence-corrected chi connectivity index (χ4v) is 2.55. The second-order valence-electron chi connectivity index (χ2n) is 5.52. The number of amides is 1. The molecule has 0 bridgehead atoms. The molecule has 1 amide bonds. The molecule has 6 heteroatoms. The van der Waals surface area contributed by atoms with Crippen molar-refractivity contribution in [2.75, 3.05) is 6.54 Å². The van der Waals surface area contributed by atoms with E-state index in [4.69, 9.17) is 9.63 Å². The van der Waals surface area contributed by atoms with E-state index in [2.05, 4.69) is 10.5 Å². The Morgan fingerprint density at radius 3 is 2.71 bits per heavy atom. The van der Waals surface area contributed by atoms with Gasteiger partial charge in [0.15, 0.2) is 5.58 Å². The van der Waals surface area contributed by atoms with Crippen LogP contribution in [0.15, 0.2) is 47.0 Å². The predicted molar refractivity (Wildman–Crippen MR) is 88.2 cm³/mol. The molecule has 3 aromatic rings. The molecule has 0 fully saturated rings. The predicted octanol–water partition coefficient (Wildman–Crippen LogP) is 2.81. The number of benzene rings is 2. The quantitative estimate of drug-likeness (QED) is 0.753. The van der Waals surface area contributed by atoms with E-state index >= 15 is 0 Å². The summed E-state index contributed by atoms with van der Waals surface area (Å²) in [6.07, 6.45) is 0.528. The lowest BCUT2D eigenvalue weighted by Gasteiger charge is -2.06. The third-order valence-electron chi connectivity index (χ3n) is 3.69. The number of aryl methyl sites for hydroxylation is 1. The van der Waals surface area contributed by atoms with E-state index in [1.165, 1.54) is 12.1 Å². The first-order chi connectivity index (χ1) is 11.5. The molecule has 0 spiro atoms. The molecule has 1 aromatic heterocycles. The van der Waals surface area contributed by atoms with Crippen LogP contribution in [0.2, 0.25) is 0 Å². The van der Waals surface area contributed by atoms with Crippen molar-refractivity contribution in [3.05, 3.63) is 64.8 Å². The molecule has 0 radical (unpaired) electrons. The average molecular weight is 324 g/mol. The van der Waals surface area contributed by atoms with Crippen LogP contribution in [0.5, 0.6) is 0 Å². The van der Waals surface area contributed by atoms with Crippen molar-refractivity contribution in [2.24, 2.45) is 0 Å². The minimum absolute atomic E-state index is 0.0997. The Kier molecular flexibility index (Phi) is 4.29. The van der Waals surface area contributed by atoms with Crippen LogP contribution < -0.4 is 5.32 Å². The number of fused-ring (bicyclic) bond motifs is 1. The lowest BCUT2D eigenvalue weighted by molar-refractivity contribution is 0.0696. The van der Waals surface area contributed by atoms with Crippen LogP contribution >= 0.6 is 0 Å². The molecular formula is C18H16N2O4. The van der Waals surface area contributed by atoms with Gasteiger partial charge < -0.3 is 14.9 Å². The molecule has 3 rings (SSSR count). The highest BCUT2D eigenvalue weighted by Gasteiger charge is 2.12. The summed E-state index contributed by atoms with van der Waals surface area (Å²) in [7, 11) is 0. The Labute approximate surface area is 138 Å². The molecule has 1 heterocycles. The molecule has 0 saturated carbocycles. The molecule has 0 aliphatic heterocycles. The van der Waals surface area contributed by atoms with Crippen LogP contribution in [0.3, 0.4) is 0 Å². The highest BCUT2D eigenvalue weighted by molar-refractivity contribution is 5.97. The maximum atomic E-state index is 12.2. The molecule has 2 aromatic carbocycles. The molecule has 0 unspecified atom stereocenters. The topological polar surface area (TPSA) is 92.4 Å². The van der Waals surface area contributed by atoms with Crippen LogP contribution in [0.25, 0.3) is 11.0 Å². The summed E-state index contributed by atoms with van der Waals surface area (Å²) in [5.41, 5.74) is 2.65. The van der Waals surface area contributed by atoms with Gasteiger partial charge >= 0.3 is 5.97 Å². The molecule has 122 valence electrons. The van der Waals surface area contributed by atoms with Gasteiger partial charge in [0.1, 0.15) is 0 Å². The van der Waals surface area contributed by atoms with Crippen molar-refractivity contribution < 1.29 is 19.2 Å². The van der Waals surface area contributed by atoms with E-state index in [1.807, 2.05) is 24.3 Å². The molecule has 24 heavy (non-hydrogen) atoms. The fraction of sp³-hybridized carbons (Fsp3) is 0.167. The summed E-state index contributed by atoms with van der Waals surface area (Å²) in [6.45, 7) is 2.14. The van der Waals surface area contributed by atoms with Crippen LogP contribution in [-0.4, -0.2) is 28.7 Å². The minimum Gasteiger partial charge on any atom is -0.478 e. The lowest BCUT2D eigenvalue weighted by atomic mass is 10.1. The normalized spacial score (nSPS) is 10.7. The SMILES string of the molecule is Cc1cc(C(=O)O)cc(C(=O)NCCc2noc3ccccc23)c1. The number of para-hydroxylation sites is 1. The molecule has 0 saturated heterocycles. The number of carboxylic acid groups (broad SMARTS) is 1. The van der Waals surface area contributed by atoms with Crippen molar-refractivity contribution >= 4 is 22.8 Å². The molecular weight excluding hydrogens is 308 g/mol. The highest BCUT2D eigenvalue weighted by atomic mass is 16.5. The van der Waals surface area contributed by atoms with Gasteiger partial charge in [-0.05, 0) is 42.8 Å². The van der Waals surface area contributed by atoms with Gasteiger partial charge in [-0.25, -0.2) is 4.79 Å². The zero-order chi connectivity index (χ0) is 17.1. The first kappa shape index (κ1) is 15.7. The van der Waals surface area contributed by atoms with Gasteiger partial charge in [0.05, 0.1) is 11.3 Å². The molecule has 0 aliphatic rings. The van der Waals surface area contributed by atoms with Gasteiger partial charge in [-0.1, -0.05) is 17.3 Å². The third-order valence-corrected chi connectivity index (χ3v) is 3.69. The van der Waals surface area contributed by atoms with Crippen molar-refractivity contribution in [3.63, 3.8) is 0 Å². The number of carbonyl (C=O) groups is 2. The Morgan fingerprint density at radius 1 is 1.17 bits per heavy atom. The number of hydrogen-bond acceptors (Lipinski definition) is 4. The Balaban J connectivity index is 1.67. The first-order valence-corrected chi connectivity index (χ1v) is 7.51. The van der Waals surface area contributed by atoms with Gasteiger partial charge in [-0.15, -0.1) is 0 Å². The van der Waals surface area contributed by atoms with Gasteiger partial charge in [-0.3, -0.25) is 4.79 Å². The monoisotopic (exact) mass is 324 g/mol. The highest BCUT2D eigenvalue weighted by Crippen LogP contribution is 2.17. The van der Waals surface area contributed by atoms with E-state index in [0.29, 0.717) is 24.1 Å². The lowest BCUT2D eigenvalue weighted by Crippen LogP contribution is -2.26. The van der Waals surface area contributed by atoms with Gasteiger partial charge in [-0.2, -0.15) is 0 Å². The minimum atomic E-state index is -1.05. The third kappa shape index (κ3) is 3.27. The molecule has 0 atom stereocenters. The van der Waals surface area contributed by atoms with Crippen molar-refractivity contribution in [3.8, 4) is 0 Å². The summed E-state index contributed by atoms with van der Waals surface area (Å²) < 4.78 is 5.22. The largest absolute Gasteiger partial charge is 0.478 e. The number of hydrogen-bond donors (Lipinski definition) is 2. The summed E-state index contributed by atoms with van der Waals surface area (Å²) >= 11 is 0. The zero-order valence-electron chi connectivity index (χ0n) is 13.1. The summed E-state index contributed by atoms with van der Waals surface area (Å²) in [5, 5.41) is 16.8. The van der Waals surface area contributed by atoms with E-state index in [1.54, 1.807) is 13.0 Å². The Morgan fingerprint density at radius 2 is 1.92 bits per heavy atom. The number of nitrogens with one attached hydrogen (secondary N) is 1. The summed E-state index contributed by atoms with van der Waals surface area (Å²) in [4.78, 5) is 23.3. The average Bonchev–Trinajstić information content (AvgIpc) is 2.97. The second kappa shape index (κ2) is 6.54. The Bertz CT molecular complexity index is 914. The first-order valence-electron chi connectivity index (χ1n) is 7.51. The number of carboxylic acids is 1. The molecule has 2 N–H and O–H groups in total. The smallest absolute Gasteiger partial charge is 0.335 e. The number of aromatic nitrogens is 1. The second-order valence-corrected chi connectivity index (χ2v) is 5.52. The number of carbonyl (C=O) groups excluding carboxylic acids is 1. The maximum absolute atomic E-state index is 12.2. The molecule has 0 aliphatic carbocycles. The van der Waals surface area contributed by atoms with Gasteiger partial charge in [0, 0.05) is 23.9 Å². The van der Waals surface area contributed by atoms with Gasteiger partial charge in [0.25, 0.3) is 5.91 Å². The zero-order valence-corrected chi connectivity index (χ0v) is 13.1. The van der Waals surface area contributed by atoms with Crippen molar-refractivity contribution in [1.29, 1.82) is 0 Å². The standard InChI is InChI=1S/C18H16N2O4/c1-11-8-12(10-13(9-11)18(22)23)17(21)19-7-6-15-14-4-2-3-5-16(14)24-20-15/h2-5,8-10H,6-7H2,1H3,(H,19,21)(H,22,23). The van der Waals surface area contributed by atoms with E-state index in [9.17, 15) is 9.59 Å². The summed E-state index contributed by atoms with van der Waals surface area (Å²) in [6, 6.07) is 12.1. The fourth-order valence-electron chi connectivity index (χ4n) is 2.55. The summed E-state index contributed by atoms with van der Waals surface area (Å²) in [5.74, 6) is -1.36. The van der Waals surface area contributed by atoms with Gasteiger partial charge in [0.2, 0.25) is 0 Å². The Hall–Kier alpha value is -3.15. The van der Waals surface area contributed by atoms with Crippen LogP contribution in [-0.2, 0) is 6.42 Å².